The second-order valence-corrected chi connectivity index (χ2v) is 9.49. The van der Waals surface area contributed by atoms with Crippen molar-refractivity contribution in [3.63, 3.8) is 0 Å². The van der Waals surface area contributed by atoms with E-state index < -0.39 is 11.8 Å². The van der Waals surface area contributed by atoms with E-state index in [0.29, 0.717) is 22.3 Å². The van der Waals surface area contributed by atoms with Crippen molar-refractivity contribution in [1.29, 1.82) is 0 Å². The average Bonchev–Trinajstić information content (AvgIpc) is 3.17. The molecule has 5 rings (SSSR count). The lowest BCUT2D eigenvalue weighted by Gasteiger charge is -2.29. The molecule has 2 amide bonds. The molecule has 0 bridgehead atoms. The molecule has 3 aromatic carbocycles. The van der Waals surface area contributed by atoms with Gasteiger partial charge < -0.3 is 4.57 Å². The van der Waals surface area contributed by atoms with Gasteiger partial charge in [-0.15, -0.1) is 0 Å². The van der Waals surface area contributed by atoms with Gasteiger partial charge in [-0.05, 0) is 61.1 Å². The zero-order chi connectivity index (χ0) is 24.7. The predicted octanol–water partition coefficient (Wildman–Crippen LogP) is 6.14. The van der Waals surface area contributed by atoms with Crippen LogP contribution in [0.4, 0.5) is 5.69 Å². The van der Waals surface area contributed by atoms with Crippen LogP contribution in [0.5, 0.6) is 0 Å². The molecule has 2 heterocycles. The predicted molar refractivity (Wildman–Crippen MR) is 145 cm³/mol. The number of amides is 2. The number of thiocarbonyl (C=S) groups is 1. The van der Waals surface area contributed by atoms with Crippen molar-refractivity contribution in [2.24, 2.45) is 0 Å². The van der Waals surface area contributed by atoms with Crippen LogP contribution in [0.2, 0.25) is 10.0 Å². The number of rotatable bonds is 4. The Morgan fingerprint density at radius 2 is 1.74 bits per heavy atom. The SMILES string of the molecule is Cc1ccc(N2C(=O)/C(=C/c3cn(Cc4ccc(Cl)cc4Cl)c4ccccc34)C(=O)NC2=S)cc1. The second kappa shape index (κ2) is 9.30. The molecule has 1 aliphatic rings. The first-order valence-electron chi connectivity index (χ1n) is 10.8. The highest BCUT2D eigenvalue weighted by atomic mass is 35.5. The fourth-order valence-electron chi connectivity index (χ4n) is 4.10. The van der Waals surface area contributed by atoms with Crippen LogP contribution in [0.1, 0.15) is 16.7 Å². The molecule has 0 atom stereocenters. The summed E-state index contributed by atoms with van der Waals surface area (Å²) in [5.74, 6) is -0.999. The van der Waals surface area contributed by atoms with Gasteiger partial charge in [0.25, 0.3) is 11.8 Å². The summed E-state index contributed by atoms with van der Waals surface area (Å²) in [5.41, 5.74) is 4.24. The highest BCUT2D eigenvalue weighted by Crippen LogP contribution is 2.29. The average molecular weight is 520 g/mol. The molecule has 1 saturated heterocycles. The summed E-state index contributed by atoms with van der Waals surface area (Å²) in [6.45, 7) is 2.46. The summed E-state index contributed by atoms with van der Waals surface area (Å²) in [6, 6.07) is 20.6. The highest BCUT2D eigenvalue weighted by molar-refractivity contribution is 7.80. The van der Waals surface area contributed by atoms with Gasteiger partial charge in [0, 0.05) is 39.3 Å². The molecule has 4 aromatic rings. The fraction of sp³-hybridized carbons (Fsp3) is 0.0741. The number of nitrogens with one attached hydrogen (secondary N) is 1. The molecule has 0 saturated carbocycles. The molecule has 1 N–H and O–H groups in total. The normalized spacial score (nSPS) is 15.2. The fourth-order valence-corrected chi connectivity index (χ4v) is 4.85. The molecular weight excluding hydrogens is 501 g/mol. The van der Waals surface area contributed by atoms with Crippen LogP contribution >= 0.6 is 35.4 Å². The Kier molecular flexibility index (Phi) is 6.19. The quantitative estimate of drug-likeness (QED) is 0.200. The number of halogens is 2. The van der Waals surface area contributed by atoms with Gasteiger partial charge in [-0.25, -0.2) is 0 Å². The number of carbonyl (C=O) groups is 2. The number of nitrogens with zero attached hydrogens (tertiary/aromatic N) is 2. The minimum atomic E-state index is -0.527. The monoisotopic (exact) mass is 519 g/mol. The number of hydrogen-bond donors (Lipinski definition) is 1. The second-order valence-electron chi connectivity index (χ2n) is 8.26. The van der Waals surface area contributed by atoms with E-state index in [1.807, 2.05) is 60.2 Å². The van der Waals surface area contributed by atoms with Gasteiger partial charge in [0.1, 0.15) is 5.57 Å². The van der Waals surface area contributed by atoms with Crippen LogP contribution in [0.25, 0.3) is 17.0 Å². The zero-order valence-corrected chi connectivity index (χ0v) is 20.9. The molecule has 35 heavy (non-hydrogen) atoms. The van der Waals surface area contributed by atoms with Crippen LogP contribution in [-0.2, 0) is 16.1 Å². The zero-order valence-electron chi connectivity index (χ0n) is 18.6. The molecular formula is C27H19Cl2N3O2S. The summed E-state index contributed by atoms with van der Waals surface area (Å²) < 4.78 is 2.03. The maximum atomic E-state index is 13.4. The van der Waals surface area contributed by atoms with Crippen LogP contribution in [0.3, 0.4) is 0 Å². The summed E-state index contributed by atoms with van der Waals surface area (Å²) in [4.78, 5) is 27.6. The van der Waals surface area contributed by atoms with E-state index in [2.05, 4.69) is 5.32 Å². The minimum Gasteiger partial charge on any atom is -0.342 e. The van der Waals surface area contributed by atoms with Gasteiger partial charge in [-0.3, -0.25) is 19.8 Å². The van der Waals surface area contributed by atoms with E-state index in [1.54, 1.807) is 30.3 Å². The topological polar surface area (TPSA) is 54.3 Å². The molecule has 1 aliphatic heterocycles. The van der Waals surface area contributed by atoms with Crippen molar-refractivity contribution in [2.75, 3.05) is 4.90 Å². The number of benzene rings is 3. The minimum absolute atomic E-state index is 0.00611. The van der Waals surface area contributed by atoms with E-state index in [0.717, 1.165) is 27.6 Å². The smallest absolute Gasteiger partial charge is 0.270 e. The third-order valence-corrected chi connectivity index (χ3v) is 6.74. The van der Waals surface area contributed by atoms with Crippen LogP contribution < -0.4 is 10.2 Å². The molecule has 1 aromatic heterocycles. The molecule has 5 nitrogen and oxygen atoms in total. The lowest BCUT2D eigenvalue weighted by molar-refractivity contribution is -0.122. The number of hydrogen-bond acceptors (Lipinski definition) is 3. The first kappa shape index (κ1) is 23.3. The number of para-hydroxylation sites is 1. The van der Waals surface area contributed by atoms with Crippen LogP contribution in [0.15, 0.2) is 78.5 Å². The van der Waals surface area contributed by atoms with Crippen LogP contribution in [-0.4, -0.2) is 21.5 Å². The van der Waals surface area contributed by atoms with Crippen molar-refractivity contribution in [2.45, 2.75) is 13.5 Å². The Balaban J connectivity index is 1.57. The highest BCUT2D eigenvalue weighted by Gasteiger charge is 2.34. The van der Waals surface area contributed by atoms with Gasteiger partial charge in [-0.1, -0.05) is 65.2 Å². The Morgan fingerprint density at radius 3 is 2.49 bits per heavy atom. The van der Waals surface area contributed by atoms with Gasteiger partial charge >= 0.3 is 0 Å². The van der Waals surface area contributed by atoms with E-state index in [1.165, 1.54) is 4.90 Å². The molecule has 174 valence electrons. The van der Waals surface area contributed by atoms with E-state index in [4.69, 9.17) is 35.4 Å². The summed E-state index contributed by atoms with van der Waals surface area (Å²) >= 11 is 17.8. The van der Waals surface area contributed by atoms with Gasteiger partial charge in [0.05, 0.1) is 5.69 Å². The Morgan fingerprint density at radius 1 is 1.00 bits per heavy atom. The Bertz CT molecular complexity index is 1540. The first-order valence-corrected chi connectivity index (χ1v) is 12.0. The number of anilines is 1. The lowest BCUT2D eigenvalue weighted by Crippen LogP contribution is -2.54. The van der Waals surface area contributed by atoms with E-state index in [-0.39, 0.29) is 10.7 Å². The molecule has 8 heteroatoms. The molecule has 0 unspecified atom stereocenters. The summed E-state index contributed by atoms with van der Waals surface area (Å²) in [7, 11) is 0. The van der Waals surface area contributed by atoms with Crippen molar-refractivity contribution in [3.05, 3.63) is 105 Å². The summed E-state index contributed by atoms with van der Waals surface area (Å²) in [5, 5.41) is 4.74. The number of aromatic nitrogens is 1. The van der Waals surface area contributed by atoms with Crippen molar-refractivity contribution >= 4 is 75.0 Å². The Hall–Kier alpha value is -3.45. The molecule has 0 aliphatic carbocycles. The third kappa shape index (κ3) is 4.48. The van der Waals surface area contributed by atoms with Gasteiger partial charge in [-0.2, -0.15) is 0 Å². The van der Waals surface area contributed by atoms with Crippen molar-refractivity contribution in [3.8, 4) is 0 Å². The standard InChI is InChI=1S/C27H19Cl2N3O2S/c1-16-6-10-20(11-7-16)32-26(34)22(25(33)30-27(32)35)12-18-15-31(24-5-3-2-4-21(18)24)14-17-8-9-19(28)13-23(17)29/h2-13,15H,14H2,1H3,(H,30,33,35)/b22-12+. The molecule has 0 radical (unpaired) electrons. The van der Waals surface area contributed by atoms with Crippen LogP contribution in [0, 0.1) is 6.92 Å². The van der Waals surface area contributed by atoms with Gasteiger partial charge in [0.15, 0.2) is 5.11 Å². The van der Waals surface area contributed by atoms with Crippen molar-refractivity contribution < 1.29 is 9.59 Å². The third-order valence-electron chi connectivity index (χ3n) is 5.87. The largest absolute Gasteiger partial charge is 0.342 e. The van der Waals surface area contributed by atoms with E-state index in [9.17, 15) is 9.59 Å². The molecule has 1 fully saturated rings. The van der Waals surface area contributed by atoms with Gasteiger partial charge in [0.2, 0.25) is 0 Å². The summed E-state index contributed by atoms with van der Waals surface area (Å²) in [6.07, 6.45) is 3.52. The lowest BCUT2D eigenvalue weighted by atomic mass is 10.1. The van der Waals surface area contributed by atoms with E-state index >= 15 is 0 Å². The maximum absolute atomic E-state index is 13.4. The maximum Gasteiger partial charge on any atom is 0.270 e. The Labute approximate surface area is 217 Å². The number of fused-ring (bicyclic) bond motifs is 1. The first-order chi connectivity index (χ1) is 16.8. The molecule has 0 spiro atoms. The van der Waals surface area contributed by atoms with Crippen molar-refractivity contribution in [1.82, 2.24) is 9.88 Å². The number of carbonyl (C=O) groups excluding carboxylic acids is 2. The number of aryl methyl sites for hydroxylation is 1.